The second-order valence-corrected chi connectivity index (χ2v) is 5.90. The van der Waals surface area contributed by atoms with E-state index in [0.29, 0.717) is 25.5 Å². The average molecular weight is 257 g/mol. The van der Waals surface area contributed by atoms with E-state index in [-0.39, 0.29) is 5.97 Å². The van der Waals surface area contributed by atoms with Gasteiger partial charge in [-0.3, -0.25) is 4.79 Å². The van der Waals surface area contributed by atoms with Gasteiger partial charge in [0.15, 0.2) is 0 Å². The summed E-state index contributed by atoms with van der Waals surface area (Å²) < 4.78 is 4.95. The minimum absolute atomic E-state index is 0.0860. The molecule has 0 aromatic carbocycles. The van der Waals surface area contributed by atoms with Crippen molar-refractivity contribution >= 4 is 5.97 Å². The molecule has 1 heterocycles. The fraction of sp³-hybridized carbons (Fsp3) is 0.929. The predicted octanol–water partition coefficient (Wildman–Crippen LogP) is 1.81. The second kappa shape index (κ2) is 7.10. The molecule has 0 radical (unpaired) electrons. The molecule has 18 heavy (non-hydrogen) atoms. The Morgan fingerprint density at radius 3 is 2.83 bits per heavy atom. The van der Waals surface area contributed by atoms with Crippen LogP contribution < -0.4 is 0 Å². The van der Waals surface area contributed by atoms with Gasteiger partial charge in [0, 0.05) is 19.5 Å². The third kappa shape index (κ3) is 6.36. The van der Waals surface area contributed by atoms with Crippen molar-refractivity contribution in [1.82, 2.24) is 4.90 Å². The number of ether oxygens (including phenoxy) is 1. The first-order valence-electron chi connectivity index (χ1n) is 7.01. The van der Waals surface area contributed by atoms with Crippen LogP contribution in [-0.2, 0) is 9.53 Å². The van der Waals surface area contributed by atoms with Crippen LogP contribution in [0.15, 0.2) is 0 Å². The maximum atomic E-state index is 11.3. The van der Waals surface area contributed by atoms with Crippen LogP contribution in [0.2, 0.25) is 0 Å². The summed E-state index contributed by atoms with van der Waals surface area (Å²) in [5.41, 5.74) is -0.636. The Kier molecular flexibility index (Phi) is 6.09. The molecule has 4 heteroatoms. The Morgan fingerprint density at radius 2 is 2.22 bits per heavy atom. The molecule has 1 saturated heterocycles. The monoisotopic (exact) mass is 257 g/mol. The molecule has 106 valence electrons. The summed E-state index contributed by atoms with van der Waals surface area (Å²) in [5.74, 6) is 0.475. The highest BCUT2D eigenvalue weighted by atomic mass is 16.5. The van der Waals surface area contributed by atoms with Gasteiger partial charge in [0.25, 0.3) is 0 Å². The third-order valence-electron chi connectivity index (χ3n) is 3.28. The highest BCUT2D eigenvalue weighted by Gasteiger charge is 2.24. The fourth-order valence-electron chi connectivity index (χ4n) is 2.63. The minimum Gasteiger partial charge on any atom is -0.466 e. The van der Waals surface area contributed by atoms with E-state index in [9.17, 15) is 9.90 Å². The van der Waals surface area contributed by atoms with Crippen LogP contribution in [0.1, 0.15) is 46.5 Å². The van der Waals surface area contributed by atoms with Gasteiger partial charge in [0.2, 0.25) is 0 Å². The van der Waals surface area contributed by atoms with Gasteiger partial charge < -0.3 is 14.7 Å². The molecular formula is C14H27NO3. The average Bonchev–Trinajstić information content (AvgIpc) is 2.25. The molecule has 1 rings (SSSR count). The molecule has 0 saturated carbocycles. The van der Waals surface area contributed by atoms with Crippen LogP contribution in [0.5, 0.6) is 0 Å². The molecule has 0 aromatic rings. The summed E-state index contributed by atoms with van der Waals surface area (Å²) in [6.07, 6.45) is 3.77. The summed E-state index contributed by atoms with van der Waals surface area (Å²) in [6.45, 7) is 8.74. The molecule has 0 amide bonds. The first-order chi connectivity index (χ1) is 8.40. The second-order valence-electron chi connectivity index (χ2n) is 5.90. The van der Waals surface area contributed by atoms with Crippen LogP contribution in [-0.4, -0.2) is 47.8 Å². The van der Waals surface area contributed by atoms with Gasteiger partial charge in [-0.25, -0.2) is 0 Å². The summed E-state index contributed by atoms with van der Waals surface area (Å²) >= 11 is 0. The highest BCUT2D eigenvalue weighted by molar-refractivity contribution is 5.69. The van der Waals surface area contributed by atoms with Gasteiger partial charge in [-0.15, -0.1) is 0 Å². The molecule has 1 unspecified atom stereocenters. The first kappa shape index (κ1) is 15.4. The summed E-state index contributed by atoms with van der Waals surface area (Å²) in [6, 6.07) is 0. The summed E-state index contributed by atoms with van der Waals surface area (Å²) in [7, 11) is 0. The van der Waals surface area contributed by atoms with E-state index in [1.54, 1.807) is 0 Å². The number of β-amino-alcohol motifs (C(OH)–C–C–N with tert-alkyl or cyclic N) is 1. The molecule has 1 atom stereocenters. The van der Waals surface area contributed by atoms with Gasteiger partial charge in [-0.05, 0) is 52.5 Å². The standard InChI is InChI=1S/C14H27NO3/c1-4-18-13(16)8-7-12-6-5-9-15(10-12)11-14(2,3)17/h12,17H,4-11H2,1-3H3. The van der Waals surface area contributed by atoms with Crippen molar-refractivity contribution in [3.8, 4) is 0 Å². The fourth-order valence-corrected chi connectivity index (χ4v) is 2.63. The lowest BCUT2D eigenvalue weighted by Gasteiger charge is -2.36. The third-order valence-corrected chi connectivity index (χ3v) is 3.28. The lowest BCUT2D eigenvalue weighted by Crippen LogP contribution is -2.44. The summed E-state index contributed by atoms with van der Waals surface area (Å²) in [4.78, 5) is 13.6. The van der Waals surface area contributed by atoms with E-state index in [0.717, 1.165) is 25.9 Å². The maximum absolute atomic E-state index is 11.3. The zero-order valence-corrected chi connectivity index (χ0v) is 11.9. The number of hydrogen-bond acceptors (Lipinski definition) is 4. The van der Waals surface area contributed by atoms with E-state index in [2.05, 4.69) is 4.90 Å². The van der Waals surface area contributed by atoms with E-state index in [4.69, 9.17) is 4.74 Å². The molecule has 0 bridgehead atoms. The number of likely N-dealkylation sites (tertiary alicyclic amines) is 1. The van der Waals surface area contributed by atoms with Gasteiger partial charge >= 0.3 is 5.97 Å². The van der Waals surface area contributed by atoms with Gasteiger partial charge in [-0.1, -0.05) is 0 Å². The van der Waals surface area contributed by atoms with Crippen LogP contribution in [0.3, 0.4) is 0 Å². The first-order valence-corrected chi connectivity index (χ1v) is 7.01. The Morgan fingerprint density at radius 1 is 1.50 bits per heavy atom. The molecule has 4 nitrogen and oxygen atoms in total. The van der Waals surface area contributed by atoms with Crippen molar-refractivity contribution in [3.63, 3.8) is 0 Å². The van der Waals surface area contributed by atoms with Crippen molar-refractivity contribution in [1.29, 1.82) is 0 Å². The Labute approximate surface area is 110 Å². The molecule has 1 fully saturated rings. The predicted molar refractivity (Wildman–Crippen MR) is 71.3 cm³/mol. The number of nitrogens with zero attached hydrogens (tertiary/aromatic N) is 1. The van der Waals surface area contributed by atoms with Crippen molar-refractivity contribution in [2.24, 2.45) is 5.92 Å². The number of carbonyl (C=O) groups is 1. The van der Waals surface area contributed by atoms with Gasteiger partial charge in [0.05, 0.1) is 12.2 Å². The number of aliphatic hydroxyl groups is 1. The summed E-state index contributed by atoms with van der Waals surface area (Å²) in [5, 5.41) is 9.83. The molecule has 1 aliphatic heterocycles. The molecule has 0 aliphatic carbocycles. The number of hydrogen-bond donors (Lipinski definition) is 1. The van der Waals surface area contributed by atoms with E-state index >= 15 is 0 Å². The molecule has 1 N–H and O–H groups in total. The highest BCUT2D eigenvalue weighted by Crippen LogP contribution is 2.22. The largest absolute Gasteiger partial charge is 0.466 e. The van der Waals surface area contributed by atoms with Crippen LogP contribution in [0, 0.1) is 5.92 Å². The van der Waals surface area contributed by atoms with Crippen LogP contribution in [0.25, 0.3) is 0 Å². The Bertz CT molecular complexity index is 260. The van der Waals surface area contributed by atoms with Crippen molar-refractivity contribution in [2.75, 3.05) is 26.2 Å². The van der Waals surface area contributed by atoms with Crippen molar-refractivity contribution in [2.45, 2.75) is 52.1 Å². The quantitative estimate of drug-likeness (QED) is 0.737. The smallest absolute Gasteiger partial charge is 0.305 e. The number of esters is 1. The Hall–Kier alpha value is -0.610. The van der Waals surface area contributed by atoms with Crippen molar-refractivity contribution in [3.05, 3.63) is 0 Å². The SMILES string of the molecule is CCOC(=O)CCC1CCCN(CC(C)(C)O)C1. The molecular weight excluding hydrogens is 230 g/mol. The van der Waals surface area contributed by atoms with E-state index < -0.39 is 5.60 Å². The van der Waals surface area contributed by atoms with Crippen molar-refractivity contribution < 1.29 is 14.6 Å². The molecule has 0 spiro atoms. The topological polar surface area (TPSA) is 49.8 Å². The Balaban J connectivity index is 2.28. The van der Waals surface area contributed by atoms with E-state index in [1.165, 1.54) is 6.42 Å². The zero-order chi connectivity index (χ0) is 13.6. The van der Waals surface area contributed by atoms with Gasteiger partial charge in [-0.2, -0.15) is 0 Å². The molecule has 1 aliphatic rings. The number of piperidine rings is 1. The normalized spacial score (nSPS) is 21.9. The number of carbonyl (C=O) groups excluding carboxylic acids is 1. The minimum atomic E-state index is -0.636. The number of rotatable bonds is 6. The van der Waals surface area contributed by atoms with Crippen LogP contribution in [0.4, 0.5) is 0 Å². The maximum Gasteiger partial charge on any atom is 0.305 e. The lowest BCUT2D eigenvalue weighted by atomic mass is 9.92. The van der Waals surface area contributed by atoms with Gasteiger partial charge in [0.1, 0.15) is 0 Å². The lowest BCUT2D eigenvalue weighted by molar-refractivity contribution is -0.143. The zero-order valence-electron chi connectivity index (χ0n) is 11.9. The van der Waals surface area contributed by atoms with E-state index in [1.807, 2.05) is 20.8 Å². The van der Waals surface area contributed by atoms with Crippen LogP contribution >= 0.6 is 0 Å². The molecule has 0 aromatic heterocycles.